The Morgan fingerprint density at radius 2 is 1.64 bits per heavy atom. The molecule has 4 rings (SSSR count). The van der Waals surface area contributed by atoms with Gasteiger partial charge in [-0.05, 0) is 61.2 Å². The third-order valence-electron chi connectivity index (χ3n) is 6.54. The summed E-state index contributed by atoms with van der Waals surface area (Å²) in [5.74, 6) is -2.18. The van der Waals surface area contributed by atoms with Gasteiger partial charge >= 0.3 is 5.97 Å². The minimum atomic E-state index is -2.94. The number of carbonyl (C=O) groups excluding carboxylic acids is 1. The van der Waals surface area contributed by atoms with E-state index in [0.29, 0.717) is 11.8 Å². The van der Waals surface area contributed by atoms with Gasteiger partial charge in [-0.3, -0.25) is 4.79 Å². The standard InChI is InChI=1S/C18H28F2O2/c1-15(2,3)18-8-12-5-13(9-18)7-17(6-12,10-18)14(21)22-11-16(4,19)20/h12-13H,5-11H2,1-4H3. The lowest BCUT2D eigenvalue weighted by Crippen LogP contribution is -2.59. The van der Waals surface area contributed by atoms with Crippen LogP contribution in [-0.2, 0) is 9.53 Å². The van der Waals surface area contributed by atoms with Crippen LogP contribution in [0.15, 0.2) is 0 Å². The molecule has 0 amide bonds. The molecule has 2 nitrogen and oxygen atoms in total. The zero-order valence-electron chi connectivity index (χ0n) is 14.2. The molecule has 126 valence electrons. The van der Waals surface area contributed by atoms with Crippen LogP contribution in [0.4, 0.5) is 8.78 Å². The number of hydrogen-bond acceptors (Lipinski definition) is 2. The van der Waals surface area contributed by atoms with Gasteiger partial charge in [0.15, 0.2) is 6.61 Å². The minimum Gasteiger partial charge on any atom is -0.459 e. The van der Waals surface area contributed by atoms with Crippen LogP contribution >= 0.6 is 0 Å². The Balaban J connectivity index is 1.83. The molecule has 0 N–H and O–H groups in total. The first-order chi connectivity index (χ1) is 9.95. The van der Waals surface area contributed by atoms with E-state index in [2.05, 4.69) is 20.8 Å². The van der Waals surface area contributed by atoms with Gasteiger partial charge in [0.1, 0.15) is 0 Å². The monoisotopic (exact) mass is 314 g/mol. The molecular formula is C18H28F2O2. The number of halogens is 2. The molecule has 4 aliphatic carbocycles. The number of hydrogen-bond donors (Lipinski definition) is 0. The van der Waals surface area contributed by atoms with Crippen LogP contribution in [0.25, 0.3) is 0 Å². The van der Waals surface area contributed by atoms with Gasteiger partial charge in [0.25, 0.3) is 5.92 Å². The van der Waals surface area contributed by atoms with Crippen molar-refractivity contribution < 1.29 is 18.3 Å². The summed E-state index contributed by atoms with van der Waals surface area (Å²) in [5, 5.41) is 0. The molecule has 0 aromatic carbocycles. The molecule has 2 unspecified atom stereocenters. The molecule has 0 spiro atoms. The largest absolute Gasteiger partial charge is 0.459 e. The predicted octanol–water partition coefficient (Wildman–Crippen LogP) is 4.82. The number of ether oxygens (including phenoxy) is 1. The maximum atomic E-state index is 13.0. The van der Waals surface area contributed by atoms with E-state index < -0.39 is 17.9 Å². The summed E-state index contributed by atoms with van der Waals surface area (Å²) in [4.78, 5) is 12.7. The topological polar surface area (TPSA) is 26.3 Å². The molecule has 0 aliphatic heterocycles. The van der Waals surface area contributed by atoms with Crippen LogP contribution in [0.3, 0.4) is 0 Å². The van der Waals surface area contributed by atoms with E-state index in [-0.39, 0.29) is 16.8 Å². The van der Waals surface area contributed by atoms with Crippen molar-refractivity contribution in [3.8, 4) is 0 Å². The van der Waals surface area contributed by atoms with Gasteiger partial charge < -0.3 is 4.74 Å². The molecule has 0 saturated heterocycles. The molecule has 4 bridgehead atoms. The maximum Gasteiger partial charge on any atom is 0.312 e. The van der Waals surface area contributed by atoms with E-state index in [0.717, 1.165) is 26.2 Å². The van der Waals surface area contributed by atoms with Crippen molar-refractivity contribution in [2.24, 2.45) is 28.1 Å². The SMILES string of the molecule is CC(F)(F)COC(=O)C12CC3CC(C1)CC(C(C)(C)C)(C3)C2. The van der Waals surface area contributed by atoms with Crippen LogP contribution in [-0.4, -0.2) is 18.5 Å². The number of esters is 1. The van der Waals surface area contributed by atoms with Gasteiger partial charge in [0.2, 0.25) is 0 Å². The Morgan fingerprint density at radius 1 is 1.09 bits per heavy atom. The Labute approximate surface area is 132 Å². The van der Waals surface area contributed by atoms with Gasteiger partial charge in [0, 0.05) is 6.92 Å². The summed E-state index contributed by atoms with van der Waals surface area (Å²) >= 11 is 0. The molecule has 0 heterocycles. The summed E-state index contributed by atoms with van der Waals surface area (Å²) < 4.78 is 31.1. The lowest BCUT2D eigenvalue weighted by molar-refractivity contribution is -0.199. The van der Waals surface area contributed by atoms with Gasteiger partial charge in [-0.1, -0.05) is 20.8 Å². The second kappa shape index (κ2) is 4.67. The highest BCUT2D eigenvalue weighted by atomic mass is 19.3. The van der Waals surface area contributed by atoms with E-state index in [4.69, 9.17) is 4.74 Å². The predicted molar refractivity (Wildman–Crippen MR) is 80.6 cm³/mol. The number of carbonyl (C=O) groups is 1. The molecule has 0 aromatic rings. The second-order valence-corrected chi connectivity index (χ2v) is 9.42. The van der Waals surface area contributed by atoms with E-state index in [1.807, 2.05) is 0 Å². The van der Waals surface area contributed by atoms with Gasteiger partial charge in [-0.25, -0.2) is 8.78 Å². The normalized spacial score (nSPS) is 40.8. The summed E-state index contributed by atoms with van der Waals surface area (Å²) in [6.07, 6.45) is 6.09. The lowest BCUT2D eigenvalue weighted by Gasteiger charge is -2.65. The summed E-state index contributed by atoms with van der Waals surface area (Å²) in [7, 11) is 0. The van der Waals surface area contributed by atoms with E-state index in [1.165, 1.54) is 19.3 Å². The molecule has 22 heavy (non-hydrogen) atoms. The molecule has 4 aliphatic rings. The van der Waals surface area contributed by atoms with Gasteiger partial charge in [0.05, 0.1) is 5.41 Å². The second-order valence-electron chi connectivity index (χ2n) is 9.42. The van der Waals surface area contributed by atoms with E-state index in [9.17, 15) is 13.6 Å². The molecular weight excluding hydrogens is 286 g/mol. The summed E-state index contributed by atoms with van der Waals surface area (Å²) in [6.45, 7) is 6.81. The first-order valence-corrected chi connectivity index (χ1v) is 8.50. The Hall–Kier alpha value is -0.670. The number of rotatable bonds is 3. The fraction of sp³-hybridized carbons (Fsp3) is 0.944. The molecule has 2 atom stereocenters. The van der Waals surface area contributed by atoms with Gasteiger partial charge in [-0.15, -0.1) is 0 Å². The first-order valence-electron chi connectivity index (χ1n) is 8.50. The maximum absolute atomic E-state index is 13.0. The average Bonchev–Trinajstić information content (AvgIpc) is 2.32. The van der Waals surface area contributed by atoms with Crippen LogP contribution in [0.5, 0.6) is 0 Å². The van der Waals surface area contributed by atoms with Gasteiger partial charge in [-0.2, -0.15) is 0 Å². The van der Waals surface area contributed by atoms with Crippen molar-refractivity contribution in [1.29, 1.82) is 0 Å². The fourth-order valence-corrected chi connectivity index (χ4v) is 5.72. The average molecular weight is 314 g/mol. The molecule has 4 fully saturated rings. The minimum absolute atomic E-state index is 0.144. The first kappa shape index (κ1) is 16.2. The van der Waals surface area contributed by atoms with Crippen molar-refractivity contribution in [3.05, 3.63) is 0 Å². The van der Waals surface area contributed by atoms with E-state index >= 15 is 0 Å². The zero-order valence-corrected chi connectivity index (χ0v) is 14.2. The van der Waals surface area contributed by atoms with Crippen molar-refractivity contribution in [2.75, 3.05) is 6.61 Å². The van der Waals surface area contributed by atoms with Crippen LogP contribution < -0.4 is 0 Å². The Morgan fingerprint density at radius 3 is 2.09 bits per heavy atom. The highest BCUT2D eigenvalue weighted by molar-refractivity contribution is 5.77. The van der Waals surface area contributed by atoms with Crippen LogP contribution in [0, 0.1) is 28.1 Å². The van der Waals surface area contributed by atoms with Crippen molar-refractivity contribution in [1.82, 2.24) is 0 Å². The Kier molecular flexibility index (Phi) is 3.44. The smallest absolute Gasteiger partial charge is 0.312 e. The third-order valence-corrected chi connectivity index (χ3v) is 6.54. The molecule has 4 heteroatoms. The highest BCUT2D eigenvalue weighted by Gasteiger charge is 2.64. The lowest BCUT2D eigenvalue weighted by atomic mass is 9.39. The van der Waals surface area contributed by atoms with Crippen LogP contribution in [0.1, 0.15) is 66.2 Å². The zero-order chi connectivity index (χ0) is 16.4. The van der Waals surface area contributed by atoms with Crippen molar-refractivity contribution in [2.45, 2.75) is 72.1 Å². The molecule has 0 aromatic heterocycles. The highest BCUT2D eigenvalue weighted by Crippen LogP contribution is 2.70. The molecule has 4 saturated carbocycles. The summed E-state index contributed by atoms with van der Waals surface area (Å²) in [6, 6.07) is 0. The summed E-state index contributed by atoms with van der Waals surface area (Å²) in [5.41, 5.74) is -0.182. The van der Waals surface area contributed by atoms with Crippen molar-refractivity contribution in [3.63, 3.8) is 0 Å². The quantitative estimate of drug-likeness (QED) is 0.698. The van der Waals surface area contributed by atoms with Crippen LogP contribution in [0.2, 0.25) is 0 Å². The molecule has 0 radical (unpaired) electrons. The Bertz CT molecular complexity index is 458. The fourth-order valence-electron chi connectivity index (χ4n) is 5.72. The number of alkyl halides is 2. The third kappa shape index (κ3) is 2.56. The van der Waals surface area contributed by atoms with E-state index in [1.54, 1.807) is 0 Å². The van der Waals surface area contributed by atoms with Crippen molar-refractivity contribution >= 4 is 5.97 Å².